The number of aromatic amines is 1. The number of nitrogens with one attached hydrogen (secondary N) is 1. The van der Waals surface area contributed by atoms with Gasteiger partial charge in [-0.15, -0.1) is 0 Å². The number of aryl methyl sites for hydroxylation is 1. The summed E-state index contributed by atoms with van der Waals surface area (Å²) in [4.78, 5) is 9.96. The quantitative estimate of drug-likeness (QED) is 0.846. The first-order valence-electron chi connectivity index (χ1n) is 7.21. The standard InChI is InChI=1S/C11H14N2.C5H11N/c1-7(2)9-4-5-10-11(6-9)13-8(3)12-10;1-6-4-2-3-5-6/h4-7H,1-3H3,(H,12,13);2-5H2,1H3. The predicted molar refractivity (Wildman–Crippen MR) is 81.7 cm³/mol. The third kappa shape index (κ3) is 3.80. The zero-order chi connectivity index (χ0) is 13.8. The fraction of sp³-hybridized carbons (Fsp3) is 0.562. The minimum atomic E-state index is 0.577. The predicted octanol–water partition coefficient (Wildman–Crippen LogP) is 3.71. The van der Waals surface area contributed by atoms with E-state index in [1.54, 1.807) is 0 Å². The van der Waals surface area contributed by atoms with E-state index < -0.39 is 0 Å². The zero-order valence-electron chi connectivity index (χ0n) is 12.5. The van der Waals surface area contributed by atoms with E-state index >= 15 is 0 Å². The van der Waals surface area contributed by atoms with Crippen LogP contribution in [0.2, 0.25) is 0 Å². The van der Waals surface area contributed by atoms with E-state index in [9.17, 15) is 0 Å². The molecule has 0 bridgehead atoms. The molecule has 0 aliphatic carbocycles. The molecule has 0 saturated carbocycles. The highest BCUT2D eigenvalue weighted by Crippen LogP contribution is 2.19. The van der Waals surface area contributed by atoms with Gasteiger partial charge in [0.2, 0.25) is 0 Å². The van der Waals surface area contributed by atoms with Crippen molar-refractivity contribution >= 4 is 11.0 Å². The molecule has 3 heteroatoms. The molecule has 3 rings (SSSR count). The Morgan fingerprint density at radius 2 is 1.89 bits per heavy atom. The molecule has 0 radical (unpaired) electrons. The second kappa shape index (κ2) is 6.20. The average molecular weight is 259 g/mol. The molecule has 3 nitrogen and oxygen atoms in total. The second-order valence-electron chi connectivity index (χ2n) is 5.76. The highest BCUT2D eigenvalue weighted by atomic mass is 15.1. The van der Waals surface area contributed by atoms with Crippen LogP contribution in [0.25, 0.3) is 11.0 Å². The first-order chi connectivity index (χ1) is 9.06. The van der Waals surface area contributed by atoms with Crippen molar-refractivity contribution in [3.05, 3.63) is 29.6 Å². The van der Waals surface area contributed by atoms with Crippen LogP contribution >= 0.6 is 0 Å². The molecule has 1 aliphatic rings. The molecule has 2 heterocycles. The minimum Gasteiger partial charge on any atom is -0.342 e. The topological polar surface area (TPSA) is 31.9 Å². The summed E-state index contributed by atoms with van der Waals surface area (Å²) in [5, 5.41) is 0. The molecule has 104 valence electrons. The summed E-state index contributed by atoms with van der Waals surface area (Å²) in [6.45, 7) is 9.02. The van der Waals surface area contributed by atoms with Crippen LogP contribution in [0.1, 0.15) is 44.0 Å². The maximum atomic E-state index is 4.36. The Bertz CT molecular complexity index is 522. The number of hydrogen-bond donors (Lipinski definition) is 1. The Morgan fingerprint density at radius 3 is 2.42 bits per heavy atom. The van der Waals surface area contributed by atoms with Gasteiger partial charge in [0.1, 0.15) is 5.82 Å². The van der Waals surface area contributed by atoms with Gasteiger partial charge >= 0.3 is 0 Å². The van der Waals surface area contributed by atoms with Gasteiger partial charge in [0, 0.05) is 0 Å². The fourth-order valence-corrected chi connectivity index (χ4v) is 2.39. The van der Waals surface area contributed by atoms with Crippen LogP contribution in [0.4, 0.5) is 0 Å². The lowest BCUT2D eigenvalue weighted by molar-refractivity contribution is 0.418. The molecule has 1 aromatic heterocycles. The summed E-state index contributed by atoms with van der Waals surface area (Å²) >= 11 is 0. The SMILES string of the molecule is CN1CCCC1.Cc1nc2ccc(C(C)C)cc2[nH]1. The first-order valence-corrected chi connectivity index (χ1v) is 7.21. The van der Waals surface area contributed by atoms with E-state index in [0.717, 1.165) is 16.9 Å². The number of fused-ring (bicyclic) bond motifs is 1. The number of likely N-dealkylation sites (tertiary alicyclic amines) is 1. The number of hydrogen-bond acceptors (Lipinski definition) is 2. The molecule has 19 heavy (non-hydrogen) atoms. The van der Waals surface area contributed by atoms with Gasteiger partial charge in [-0.1, -0.05) is 19.9 Å². The Balaban J connectivity index is 0.000000186. The molecule has 1 saturated heterocycles. The smallest absolute Gasteiger partial charge is 0.104 e. The van der Waals surface area contributed by atoms with E-state index in [0.29, 0.717) is 5.92 Å². The van der Waals surface area contributed by atoms with Crippen LogP contribution < -0.4 is 0 Å². The van der Waals surface area contributed by atoms with Gasteiger partial charge in [-0.25, -0.2) is 4.98 Å². The van der Waals surface area contributed by atoms with Crippen LogP contribution in [0.3, 0.4) is 0 Å². The van der Waals surface area contributed by atoms with Gasteiger partial charge in [0.25, 0.3) is 0 Å². The van der Waals surface area contributed by atoms with E-state index in [1.165, 1.54) is 31.5 Å². The molecule has 0 spiro atoms. The summed E-state index contributed by atoms with van der Waals surface area (Å²) in [7, 11) is 2.17. The molecule has 1 fully saturated rings. The van der Waals surface area contributed by atoms with Gasteiger partial charge in [-0.05, 0) is 63.5 Å². The average Bonchev–Trinajstić information content (AvgIpc) is 2.96. The van der Waals surface area contributed by atoms with Crippen molar-refractivity contribution in [2.45, 2.75) is 39.5 Å². The lowest BCUT2D eigenvalue weighted by Crippen LogP contribution is -2.10. The van der Waals surface area contributed by atoms with Gasteiger partial charge in [0.05, 0.1) is 11.0 Å². The highest BCUT2D eigenvalue weighted by Gasteiger charge is 2.03. The van der Waals surface area contributed by atoms with Crippen molar-refractivity contribution in [3.63, 3.8) is 0 Å². The summed E-state index contributed by atoms with van der Waals surface area (Å²) in [6.07, 6.45) is 2.83. The Morgan fingerprint density at radius 1 is 1.21 bits per heavy atom. The van der Waals surface area contributed by atoms with Crippen LogP contribution in [-0.4, -0.2) is 35.0 Å². The molecule has 1 aliphatic heterocycles. The maximum Gasteiger partial charge on any atom is 0.104 e. The summed E-state index contributed by atoms with van der Waals surface area (Å²) < 4.78 is 0. The largest absolute Gasteiger partial charge is 0.342 e. The molecule has 0 amide bonds. The van der Waals surface area contributed by atoms with Gasteiger partial charge < -0.3 is 9.88 Å². The van der Waals surface area contributed by atoms with Crippen molar-refractivity contribution in [2.75, 3.05) is 20.1 Å². The van der Waals surface area contributed by atoms with Crippen LogP contribution in [-0.2, 0) is 0 Å². The molecular weight excluding hydrogens is 234 g/mol. The number of benzene rings is 1. The van der Waals surface area contributed by atoms with Crippen molar-refractivity contribution in [1.29, 1.82) is 0 Å². The van der Waals surface area contributed by atoms with Crippen molar-refractivity contribution in [2.24, 2.45) is 0 Å². The van der Waals surface area contributed by atoms with Crippen LogP contribution in [0.5, 0.6) is 0 Å². The molecule has 1 aromatic carbocycles. The van der Waals surface area contributed by atoms with Crippen LogP contribution in [0.15, 0.2) is 18.2 Å². The summed E-state index contributed by atoms with van der Waals surface area (Å²) in [6, 6.07) is 6.40. The zero-order valence-corrected chi connectivity index (χ0v) is 12.5. The monoisotopic (exact) mass is 259 g/mol. The lowest BCUT2D eigenvalue weighted by atomic mass is 10.0. The number of nitrogens with zero attached hydrogens (tertiary/aromatic N) is 2. The summed E-state index contributed by atoms with van der Waals surface area (Å²) in [5.74, 6) is 1.56. The number of aromatic nitrogens is 2. The van der Waals surface area contributed by atoms with E-state index in [1.807, 2.05) is 6.92 Å². The normalized spacial score (nSPS) is 15.8. The van der Waals surface area contributed by atoms with Gasteiger partial charge in [-0.2, -0.15) is 0 Å². The van der Waals surface area contributed by atoms with E-state index in [4.69, 9.17) is 0 Å². The van der Waals surface area contributed by atoms with Crippen molar-refractivity contribution < 1.29 is 0 Å². The van der Waals surface area contributed by atoms with E-state index in [2.05, 4.69) is 54.0 Å². The van der Waals surface area contributed by atoms with E-state index in [-0.39, 0.29) is 0 Å². The summed E-state index contributed by atoms with van der Waals surface area (Å²) in [5.41, 5.74) is 3.56. The Labute approximate surface area is 116 Å². The molecular formula is C16H25N3. The number of imidazole rings is 1. The number of rotatable bonds is 1. The Hall–Kier alpha value is -1.35. The molecule has 1 N–H and O–H groups in total. The van der Waals surface area contributed by atoms with Crippen molar-refractivity contribution in [1.82, 2.24) is 14.9 Å². The Kier molecular flexibility index (Phi) is 4.59. The lowest BCUT2D eigenvalue weighted by Gasteiger charge is -2.03. The number of H-pyrrole nitrogens is 1. The molecule has 2 aromatic rings. The van der Waals surface area contributed by atoms with Gasteiger partial charge in [-0.3, -0.25) is 0 Å². The van der Waals surface area contributed by atoms with Crippen molar-refractivity contribution in [3.8, 4) is 0 Å². The maximum absolute atomic E-state index is 4.36. The van der Waals surface area contributed by atoms with Gasteiger partial charge in [0.15, 0.2) is 0 Å². The highest BCUT2D eigenvalue weighted by molar-refractivity contribution is 5.75. The third-order valence-corrected chi connectivity index (χ3v) is 3.62. The molecule has 0 unspecified atom stereocenters. The second-order valence-corrected chi connectivity index (χ2v) is 5.76. The molecule has 0 atom stereocenters. The first kappa shape index (κ1) is 14.1. The fourth-order valence-electron chi connectivity index (χ4n) is 2.39. The third-order valence-electron chi connectivity index (χ3n) is 3.62. The minimum absolute atomic E-state index is 0.577. The van der Waals surface area contributed by atoms with Crippen LogP contribution in [0, 0.1) is 6.92 Å².